The van der Waals surface area contributed by atoms with Gasteiger partial charge in [0.1, 0.15) is 0 Å². The quantitative estimate of drug-likeness (QED) is 0.426. The molecular weight excluding hydrogens is 422 g/mol. The fraction of sp³-hybridized carbons (Fsp3) is 0.333. The van der Waals surface area contributed by atoms with E-state index in [1.807, 2.05) is 30.3 Å². The molecule has 170 valence electrons. The molecule has 4 rings (SSSR count). The molecule has 0 atom stereocenters. The van der Waals surface area contributed by atoms with Crippen molar-refractivity contribution in [1.29, 1.82) is 0 Å². The highest BCUT2D eigenvalue weighted by molar-refractivity contribution is 5.97. The number of carbonyl (C=O) groups is 2. The SMILES string of the molecule is CC(=O)c1cc(N=Nc2cc(-c3ccccc3)n(C(C)=O)n2)c(=O)n(C2CCCCC2)c1O. The smallest absolute Gasteiger partial charge is 0.281 e. The molecule has 1 aliphatic carbocycles. The average Bonchev–Trinajstić information content (AvgIpc) is 3.24. The van der Waals surface area contributed by atoms with E-state index in [4.69, 9.17) is 0 Å². The number of azo groups is 1. The van der Waals surface area contributed by atoms with E-state index in [1.54, 1.807) is 6.07 Å². The lowest BCUT2D eigenvalue weighted by atomic mass is 9.95. The van der Waals surface area contributed by atoms with Crippen LogP contribution in [0.4, 0.5) is 11.5 Å². The lowest BCUT2D eigenvalue weighted by Crippen LogP contribution is -2.27. The zero-order chi connectivity index (χ0) is 23.5. The Hall–Kier alpha value is -3.88. The van der Waals surface area contributed by atoms with Crippen LogP contribution in [0.1, 0.15) is 67.1 Å². The average molecular weight is 447 g/mol. The van der Waals surface area contributed by atoms with Gasteiger partial charge in [-0.3, -0.25) is 19.0 Å². The van der Waals surface area contributed by atoms with Gasteiger partial charge in [-0.15, -0.1) is 15.3 Å². The second-order valence-electron chi connectivity index (χ2n) is 8.17. The maximum atomic E-state index is 13.1. The van der Waals surface area contributed by atoms with Gasteiger partial charge in [0.25, 0.3) is 5.56 Å². The summed E-state index contributed by atoms with van der Waals surface area (Å²) in [4.78, 5) is 37.3. The maximum absolute atomic E-state index is 13.1. The first-order valence-electron chi connectivity index (χ1n) is 10.9. The predicted octanol–water partition coefficient (Wildman–Crippen LogP) is 5.20. The fourth-order valence-electron chi connectivity index (χ4n) is 4.20. The molecule has 1 aliphatic rings. The Bertz CT molecular complexity index is 1280. The van der Waals surface area contributed by atoms with E-state index in [1.165, 1.54) is 29.2 Å². The molecule has 0 saturated heterocycles. The van der Waals surface area contributed by atoms with E-state index in [9.17, 15) is 19.5 Å². The molecule has 9 nitrogen and oxygen atoms in total. The number of rotatable bonds is 5. The fourth-order valence-corrected chi connectivity index (χ4v) is 4.20. The van der Waals surface area contributed by atoms with Gasteiger partial charge in [0.2, 0.25) is 11.8 Å². The van der Waals surface area contributed by atoms with Crippen LogP contribution >= 0.6 is 0 Å². The van der Waals surface area contributed by atoms with Crippen molar-refractivity contribution < 1.29 is 14.7 Å². The van der Waals surface area contributed by atoms with Gasteiger partial charge in [0.15, 0.2) is 17.3 Å². The number of aromatic hydroxyl groups is 1. The molecule has 0 unspecified atom stereocenters. The molecular formula is C24H25N5O4. The largest absolute Gasteiger partial charge is 0.494 e. The third-order valence-electron chi connectivity index (χ3n) is 5.83. The summed E-state index contributed by atoms with van der Waals surface area (Å²) in [7, 11) is 0. The first kappa shape index (κ1) is 22.3. The Morgan fingerprint density at radius 3 is 2.36 bits per heavy atom. The summed E-state index contributed by atoms with van der Waals surface area (Å²) in [6.07, 6.45) is 4.46. The second kappa shape index (κ2) is 9.32. The lowest BCUT2D eigenvalue weighted by Gasteiger charge is -2.25. The van der Waals surface area contributed by atoms with Crippen molar-refractivity contribution >= 4 is 23.2 Å². The first-order valence-corrected chi connectivity index (χ1v) is 10.9. The number of aromatic nitrogens is 3. The number of pyridine rings is 1. The zero-order valence-electron chi connectivity index (χ0n) is 18.6. The molecule has 1 fully saturated rings. The van der Waals surface area contributed by atoms with Crippen molar-refractivity contribution in [2.24, 2.45) is 10.2 Å². The monoisotopic (exact) mass is 447 g/mol. The third kappa shape index (κ3) is 4.52. The minimum atomic E-state index is -0.512. The Kier molecular flexibility index (Phi) is 6.30. The lowest BCUT2D eigenvalue weighted by molar-refractivity contribution is 0.0922. The van der Waals surface area contributed by atoms with E-state index in [-0.39, 0.29) is 40.7 Å². The highest BCUT2D eigenvalue weighted by atomic mass is 16.3. The molecule has 9 heteroatoms. The number of ketones is 1. The maximum Gasteiger partial charge on any atom is 0.281 e. The van der Waals surface area contributed by atoms with E-state index in [2.05, 4.69) is 15.3 Å². The van der Waals surface area contributed by atoms with Crippen LogP contribution in [0.15, 0.2) is 57.5 Å². The molecule has 33 heavy (non-hydrogen) atoms. The molecule has 1 aromatic carbocycles. The van der Waals surface area contributed by atoms with E-state index in [0.29, 0.717) is 5.69 Å². The molecule has 2 aromatic heterocycles. The van der Waals surface area contributed by atoms with Gasteiger partial charge in [-0.2, -0.15) is 4.68 Å². The number of carbonyl (C=O) groups excluding carboxylic acids is 2. The number of Topliss-reactive ketones (excluding diaryl/α,β-unsaturated/α-hetero) is 1. The minimum Gasteiger partial charge on any atom is -0.494 e. The third-order valence-corrected chi connectivity index (χ3v) is 5.83. The van der Waals surface area contributed by atoms with Crippen LogP contribution in [0.25, 0.3) is 11.3 Å². The van der Waals surface area contributed by atoms with Crippen LogP contribution in [0.3, 0.4) is 0 Å². The summed E-state index contributed by atoms with van der Waals surface area (Å²) in [5, 5.41) is 23.0. The Morgan fingerprint density at radius 1 is 1.03 bits per heavy atom. The van der Waals surface area contributed by atoms with Crippen molar-refractivity contribution in [2.75, 3.05) is 0 Å². The van der Waals surface area contributed by atoms with Gasteiger partial charge in [-0.25, -0.2) is 0 Å². The minimum absolute atomic E-state index is 0.0216. The molecule has 0 amide bonds. The van der Waals surface area contributed by atoms with Crippen molar-refractivity contribution in [3.05, 3.63) is 58.4 Å². The van der Waals surface area contributed by atoms with Crippen molar-refractivity contribution in [3.8, 4) is 17.1 Å². The predicted molar refractivity (Wildman–Crippen MR) is 123 cm³/mol. The number of nitrogens with zero attached hydrogens (tertiary/aromatic N) is 5. The van der Waals surface area contributed by atoms with E-state index in [0.717, 1.165) is 37.7 Å². The van der Waals surface area contributed by atoms with Crippen molar-refractivity contribution in [3.63, 3.8) is 0 Å². The number of hydrogen-bond donors (Lipinski definition) is 1. The summed E-state index contributed by atoms with van der Waals surface area (Å²) in [5.41, 5.74) is 0.773. The Morgan fingerprint density at radius 2 is 1.73 bits per heavy atom. The van der Waals surface area contributed by atoms with Gasteiger partial charge in [-0.1, -0.05) is 49.6 Å². The standard InChI is InChI=1S/C24H25N5O4/c1-15(30)19-13-20(24(33)28(23(19)32)18-11-7-4-8-12-18)25-26-22-14-21(29(27-22)16(2)31)17-9-5-3-6-10-17/h3,5-6,9-10,13-14,18,32H,4,7-8,11-12H2,1-2H3. The van der Waals surface area contributed by atoms with Gasteiger partial charge in [0.05, 0.1) is 11.3 Å². The first-order chi connectivity index (χ1) is 15.9. The highest BCUT2D eigenvalue weighted by Gasteiger charge is 2.24. The van der Waals surface area contributed by atoms with Gasteiger partial charge in [-0.05, 0) is 25.8 Å². The Labute approximate surface area is 190 Å². The van der Waals surface area contributed by atoms with Crippen LogP contribution in [0, 0.1) is 0 Å². The van der Waals surface area contributed by atoms with E-state index >= 15 is 0 Å². The normalized spacial score (nSPS) is 14.6. The van der Waals surface area contributed by atoms with Gasteiger partial charge in [0, 0.05) is 24.6 Å². The summed E-state index contributed by atoms with van der Waals surface area (Å²) < 4.78 is 2.50. The molecule has 2 heterocycles. The van der Waals surface area contributed by atoms with Crippen molar-refractivity contribution in [1.82, 2.24) is 14.3 Å². The summed E-state index contributed by atoms with van der Waals surface area (Å²) in [5.74, 6) is -0.852. The molecule has 1 saturated carbocycles. The molecule has 1 N–H and O–H groups in total. The highest BCUT2D eigenvalue weighted by Crippen LogP contribution is 2.33. The summed E-state index contributed by atoms with van der Waals surface area (Å²) >= 11 is 0. The number of benzene rings is 1. The van der Waals surface area contributed by atoms with Gasteiger partial charge < -0.3 is 5.11 Å². The molecule has 0 bridgehead atoms. The van der Waals surface area contributed by atoms with Crippen molar-refractivity contribution in [2.45, 2.75) is 52.0 Å². The van der Waals surface area contributed by atoms with Gasteiger partial charge >= 0.3 is 0 Å². The summed E-state index contributed by atoms with van der Waals surface area (Å²) in [6, 6.07) is 11.9. The van der Waals surface area contributed by atoms with Crippen LogP contribution in [-0.4, -0.2) is 31.1 Å². The van der Waals surface area contributed by atoms with Crippen LogP contribution in [0.2, 0.25) is 0 Å². The molecule has 0 radical (unpaired) electrons. The van der Waals surface area contributed by atoms with E-state index < -0.39 is 5.56 Å². The summed E-state index contributed by atoms with van der Waals surface area (Å²) in [6.45, 7) is 2.72. The molecule has 0 aliphatic heterocycles. The molecule has 0 spiro atoms. The topological polar surface area (TPSA) is 119 Å². The Balaban J connectivity index is 1.77. The van der Waals surface area contributed by atoms with Crippen LogP contribution in [0.5, 0.6) is 5.88 Å². The molecule has 3 aromatic rings. The van der Waals surface area contributed by atoms with Crippen LogP contribution < -0.4 is 5.56 Å². The zero-order valence-corrected chi connectivity index (χ0v) is 18.6. The second-order valence-corrected chi connectivity index (χ2v) is 8.17. The number of hydrogen-bond acceptors (Lipinski definition) is 7. The van der Waals surface area contributed by atoms with Crippen LogP contribution in [-0.2, 0) is 0 Å².